The van der Waals surface area contributed by atoms with E-state index in [0.29, 0.717) is 6.42 Å². The van der Waals surface area contributed by atoms with Crippen molar-refractivity contribution in [3.05, 3.63) is 12.2 Å². The molecule has 0 aromatic carbocycles. The Balaban J connectivity index is 1.76. The molecular weight excluding hydrogens is 775 g/mol. The third kappa shape index (κ3) is 21.9. The molecule has 0 radical (unpaired) electrons. The van der Waals surface area contributed by atoms with Gasteiger partial charge >= 0.3 is 0 Å². The molecule has 0 saturated carbocycles. The lowest BCUT2D eigenvalue weighted by Crippen LogP contribution is -2.65. The number of amides is 1. The van der Waals surface area contributed by atoms with Crippen LogP contribution in [0.4, 0.5) is 0 Å². The van der Waals surface area contributed by atoms with E-state index in [2.05, 4.69) is 19.2 Å². The number of allylic oxidation sites excluding steroid dienone is 1. The highest BCUT2D eigenvalue weighted by Gasteiger charge is 2.51. The predicted octanol–water partition coefficient (Wildman–Crippen LogP) is 5.21. The number of rotatable bonds is 36. The molecule has 0 aromatic heterocycles. The van der Waals surface area contributed by atoms with E-state index < -0.39 is 86.8 Å². The van der Waals surface area contributed by atoms with Crippen molar-refractivity contribution < 1.29 is 64.6 Å². The van der Waals surface area contributed by atoms with Crippen LogP contribution in [-0.4, -0.2) is 140 Å². The van der Waals surface area contributed by atoms with Crippen LogP contribution in [0.5, 0.6) is 0 Å². The number of aliphatic hydroxyl groups is 8. The minimum Gasteiger partial charge on any atom is -0.394 e. The van der Waals surface area contributed by atoms with Crippen LogP contribution in [0.3, 0.4) is 0 Å². The van der Waals surface area contributed by atoms with Crippen molar-refractivity contribution in [2.24, 2.45) is 0 Å². The normalized spacial score (nSPS) is 28.3. The zero-order valence-corrected chi connectivity index (χ0v) is 37.2. The van der Waals surface area contributed by atoms with Gasteiger partial charge in [0.05, 0.1) is 32.0 Å². The Morgan fingerprint density at radius 2 is 1.03 bits per heavy atom. The van der Waals surface area contributed by atoms with Crippen molar-refractivity contribution in [2.75, 3.05) is 19.8 Å². The van der Waals surface area contributed by atoms with E-state index in [9.17, 15) is 45.6 Å². The zero-order valence-electron chi connectivity index (χ0n) is 37.2. The summed E-state index contributed by atoms with van der Waals surface area (Å²) < 4.78 is 22.5. The second-order valence-electron chi connectivity index (χ2n) is 17.2. The number of unbranched alkanes of at least 4 members (excludes halogenated alkanes) is 23. The minimum absolute atomic E-state index is 0.252. The van der Waals surface area contributed by atoms with E-state index in [1.807, 2.05) is 6.08 Å². The van der Waals surface area contributed by atoms with Crippen LogP contribution in [0, 0.1) is 0 Å². The van der Waals surface area contributed by atoms with Crippen LogP contribution in [0.15, 0.2) is 12.2 Å². The zero-order chi connectivity index (χ0) is 44.0. The Morgan fingerprint density at radius 3 is 1.53 bits per heavy atom. The largest absolute Gasteiger partial charge is 0.394 e. The third-order valence-electron chi connectivity index (χ3n) is 12.0. The van der Waals surface area contributed by atoms with Crippen LogP contribution >= 0.6 is 0 Å². The first-order chi connectivity index (χ1) is 29.1. The molecule has 60 heavy (non-hydrogen) atoms. The Labute approximate surface area is 361 Å². The maximum absolute atomic E-state index is 12.9. The highest BCUT2D eigenvalue weighted by atomic mass is 16.7. The lowest BCUT2D eigenvalue weighted by molar-refractivity contribution is -0.359. The van der Waals surface area contributed by atoms with Gasteiger partial charge in [0, 0.05) is 6.42 Å². The number of aliphatic hydroxyl groups excluding tert-OH is 8. The molecule has 14 heteroatoms. The molecule has 0 aromatic rings. The van der Waals surface area contributed by atoms with Crippen LogP contribution in [0.2, 0.25) is 0 Å². The van der Waals surface area contributed by atoms with Crippen molar-refractivity contribution in [2.45, 2.75) is 254 Å². The molecule has 12 atom stereocenters. The molecule has 1 amide bonds. The summed E-state index contributed by atoms with van der Waals surface area (Å²) in [5.74, 6) is -0.252. The maximum Gasteiger partial charge on any atom is 0.220 e. The number of carbonyl (C=O) groups is 1. The average molecular weight is 862 g/mol. The predicted molar refractivity (Wildman–Crippen MR) is 231 cm³/mol. The fraction of sp³-hybridized carbons (Fsp3) is 0.935. The highest BCUT2D eigenvalue weighted by molar-refractivity contribution is 5.76. The van der Waals surface area contributed by atoms with Crippen molar-refractivity contribution in [1.82, 2.24) is 5.32 Å². The van der Waals surface area contributed by atoms with E-state index in [0.717, 1.165) is 44.9 Å². The summed E-state index contributed by atoms with van der Waals surface area (Å²) in [5, 5.41) is 86.2. The van der Waals surface area contributed by atoms with Gasteiger partial charge in [-0.25, -0.2) is 0 Å². The fourth-order valence-corrected chi connectivity index (χ4v) is 8.00. The lowest BCUT2D eigenvalue weighted by Gasteiger charge is -2.46. The number of hydrogen-bond donors (Lipinski definition) is 9. The number of nitrogens with one attached hydrogen (secondary N) is 1. The van der Waals surface area contributed by atoms with Crippen molar-refractivity contribution in [3.8, 4) is 0 Å². The fourth-order valence-electron chi connectivity index (χ4n) is 8.00. The van der Waals surface area contributed by atoms with Gasteiger partial charge in [-0.05, 0) is 19.3 Å². The first-order valence-electron chi connectivity index (χ1n) is 23.9. The van der Waals surface area contributed by atoms with Crippen LogP contribution < -0.4 is 5.32 Å². The smallest absolute Gasteiger partial charge is 0.220 e. The molecule has 2 fully saturated rings. The molecule has 2 aliphatic heterocycles. The number of carbonyl (C=O) groups excluding carboxylic acids is 1. The highest BCUT2D eigenvalue weighted by Crippen LogP contribution is 2.30. The summed E-state index contributed by atoms with van der Waals surface area (Å²) in [6.07, 6.45) is 17.5. The van der Waals surface area contributed by atoms with Gasteiger partial charge < -0.3 is 65.1 Å². The Morgan fingerprint density at radius 1 is 0.583 bits per heavy atom. The molecule has 0 aliphatic carbocycles. The molecule has 2 rings (SSSR count). The molecule has 2 aliphatic rings. The molecule has 2 heterocycles. The van der Waals surface area contributed by atoms with E-state index in [4.69, 9.17) is 18.9 Å². The van der Waals surface area contributed by atoms with Gasteiger partial charge in [-0.1, -0.05) is 167 Å². The van der Waals surface area contributed by atoms with Crippen LogP contribution in [-0.2, 0) is 23.7 Å². The van der Waals surface area contributed by atoms with Gasteiger partial charge in [0.15, 0.2) is 12.6 Å². The second-order valence-corrected chi connectivity index (χ2v) is 17.2. The molecule has 2 saturated heterocycles. The molecular formula is C46H87NO13. The van der Waals surface area contributed by atoms with Gasteiger partial charge in [0.2, 0.25) is 5.91 Å². The maximum atomic E-state index is 12.9. The SMILES string of the molecule is CCCCCCCCCCCCCCCCCCCCC/C=C/C(O)C(COC1OC(CO)C(OC2OC(CO)C(O)C(O)C2O)C(O)C1O)NC(=O)CCCCCCC. The molecule has 0 bridgehead atoms. The van der Waals surface area contributed by atoms with Crippen LogP contribution in [0.1, 0.15) is 181 Å². The van der Waals surface area contributed by atoms with Crippen molar-refractivity contribution in [1.29, 1.82) is 0 Å². The van der Waals surface area contributed by atoms with Gasteiger partial charge in [-0.2, -0.15) is 0 Å². The van der Waals surface area contributed by atoms with Gasteiger partial charge in [-0.3, -0.25) is 4.79 Å². The summed E-state index contributed by atoms with van der Waals surface area (Å²) in [5.41, 5.74) is 0. The third-order valence-corrected chi connectivity index (χ3v) is 12.0. The van der Waals surface area contributed by atoms with Gasteiger partial charge in [0.25, 0.3) is 0 Å². The Kier molecular flexibility index (Phi) is 31.3. The molecule has 14 nitrogen and oxygen atoms in total. The van der Waals surface area contributed by atoms with Crippen molar-refractivity contribution >= 4 is 5.91 Å². The summed E-state index contributed by atoms with van der Waals surface area (Å²) in [6, 6.07) is -0.905. The monoisotopic (exact) mass is 862 g/mol. The summed E-state index contributed by atoms with van der Waals surface area (Å²) in [6.45, 7) is 2.68. The molecule has 354 valence electrons. The Hall–Kier alpha value is -1.27. The molecule has 0 spiro atoms. The van der Waals surface area contributed by atoms with E-state index >= 15 is 0 Å². The summed E-state index contributed by atoms with van der Waals surface area (Å²) >= 11 is 0. The second kappa shape index (κ2) is 34.2. The van der Waals surface area contributed by atoms with Gasteiger partial charge in [0.1, 0.15) is 48.8 Å². The quantitative estimate of drug-likeness (QED) is 0.0292. The summed E-state index contributed by atoms with van der Waals surface area (Å²) in [4.78, 5) is 12.9. The summed E-state index contributed by atoms with van der Waals surface area (Å²) in [7, 11) is 0. The standard InChI is InChI=1S/C46H87NO13/c1-3-5-7-9-10-11-12-13-14-15-16-17-18-19-20-21-22-23-24-26-27-29-35(50)34(47-38(51)30-28-25-8-6-4-2)33-57-45-43(56)41(54)44(37(32-49)59-45)60-46-42(55)40(53)39(52)36(31-48)58-46/h27,29,34-37,39-46,48-50,52-56H,3-26,28,30-33H2,1-2H3,(H,47,51)/b29-27+. The Bertz CT molecular complexity index is 1070. The van der Waals surface area contributed by atoms with E-state index in [1.54, 1.807) is 6.08 Å². The molecule has 12 unspecified atom stereocenters. The molecule has 9 N–H and O–H groups in total. The van der Waals surface area contributed by atoms with E-state index in [1.165, 1.54) is 109 Å². The van der Waals surface area contributed by atoms with E-state index in [-0.39, 0.29) is 18.9 Å². The van der Waals surface area contributed by atoms with Crippen molar-refractivity contribution in [3.63, 3.8) is 0 Å². The minimum atomic E-state index is -1.78. The average Bonchev–Trinajstić information content (AvgIpc) is 3.24. The number of ether oxygens (including phenoxy) is 4. The first-order valence-corrected chi connectivity index (χ1v) is 23.9. The van der Waals surface area contributed by atoms with Gasteiger partial charge in [-0.15, -0.1) is 0 Å². The topological polar surface area (TPSA) is 228 Å². The van der Waals surface area contributed by atoms with Crippen LogP contribution in [0.25, 0.3) is 0 Å². The first kappa shape index (κ1) is 54.9. The lowest BCUT2D eigenvalue weighted by atomic mass is 9.97. The number of hydrogen-bond acceptors (Lipinski definition) is 13.